The first-order chi connectivity index (χ1) is 10.8. The van der Waals surface area contributed by atoms with Crippen molar-refractivity contribution in [3.63, 3.8) is 0 Å². The van der Waals surface area contributed by atoms with Gasteiger partial charge >= 0.3 is 6.09 Å². The predicted octanol–water partition coefficient (Wildman–Crippen LogP) is 3.17. The molecule has 5 heteroatoms. The number of carbonyl (C=O) groups is 2. The molecule has 0 aromatic heterocycles. The van der Waals surface area contributed by atoms with Gasteiger partial charge in [0.2, 0.25) is 5.91 Å². The van der Waals surface area contributed by atoms with Crippen molar-refractivity contribution in [2.45, 2.75) is 51.7 Å². The van der Waals surface area contributed by atoms with E-state index in [4.69, 9.17) is 4.74 Å². The number of rotatable bonds is 6. The topological polar surface area (TPSA) is 67.4 Å². The van der Waals surface area contributed by atoms with Gasteiger partial charge in [0.15, 0.2) is 0 Å². The second-order valence-corrected chi connectivity index (χ2v) is 6.97. The Morgan fingerprint density at radius 2 is 1.87 bits per heavy atom. The van der Waals surface area contributed by atoms with Gasteiger partial charge in [-0.1, -0.05) is 30.3 Å². The Morgan fingerprint density at radius 1 is 1.22 bits per heavy atom. The number of hydrogen-bond acceptors (Lipinski definition) is 3. The third-order valence-electron chi connectivity index (χ3n) is 3.59. The molecule has 5 nitrogen and oxygen atoms in total. The third kappa shape index (κ3) is 6.30. The number of hydrogen-bond donors (Lipinski definition) is 2. The van der Waals surface area contributed by atoms with E-state index >= 15 is 0 Å². The van der Waals surface area contributed by atoms with Crippen LogP contribution in [-0.4, -0.2) is 24.1 Å². The number of benzene rings is 1. The molecule has 0 spiro atoms. The van der Waals surface area contributed by atoms with Crippen molar-refractivity contribution < 1.29 is 14.3 Å². The lowest BCUT2D eigenvalue weighted by Gasteiger charge is -2.20. The molecule has 23 heavy (non-hydrogen) atoms. The SMILES string of the molecule is CC(C)(C)OC(=O)NCCC(=O)NC(c1ccccc1)C1CC1. The summed E-state index contributed by atoms with van der Waals surface area (Å²) in [5.41, 5.74) is 0.611. The lowest BCUT2D eigenvalue weighted by Crippen LogP contribution is -2.36. The predicted molar refractivity (Wildman–Crippen MR) is 88.9 cm³/mol. The van der Waals surface area contributed by atoms with Crippen LogP contribution in [-0.2, 0) is 9.53 Å². The minimum absolute atomic E-state index is 0.0539. The largest absolute Gasteiger partial charge is 0.444 e. The van der Waals surface area contributed by atoms with E-state index in [0.717, 1.165) is 18.4 Å². The molecule has 1 fully saturated rings. The zero-order valence-corrected chi connectivity index (χ0v) is 14.1. The van der Waals surface area contributed by atoms with E-state index < -0.39 is 11.7 Å². The molecule has 1 aromatic rings. The molecule has 1 aromatic carbocycles. The molecule has 1 atom stereocenters. The second kappa shape index (κ2) is 7.49. The molecule has 1 unspecified atom stereocenters. The lowest BCUT2D eigenvalue weighted by atomic mass is 10.0. The second-order valence-electron chi connectivity index (χ2n) is 6.97. The van der Waals surface area contributed by atoms with E-state index in [0.29, 0.717) is 5.92 Å². The van der Waals surface area contributed by atoms with Crippen molar-refractivity contribution in [1.82, 2.24) is 10.6 Å². The Bertz CT molecular complexity index is 533. The smallest absolute Gasteiger partial charge is 0.407 e. The van der Waals surface area contributed by atoms with Crippen LogP contribution in [0.4, 0.5) is 4.79 Å². The van der Waals surface area contributed by atoms with Crippen LogP contribution in [0, 0.1) is 5.92 Å². The first-order valence-electron chi connectivity index (χ1n) is 8.16. The Kier molecular flexibility index (Phi) is 5.64. The number of ether oxygens (including phenoxy) is 1. The van der Waals surface area contributed by atoms with Crippen LogP contribution in [0.2, 0.25) is 0 Å². The van der Waals surface area contributed by atoms with Gasteiger partial charge in [0.1, 0.15) is 5.60 Å². The van der Waals surface area contributed by atoms with Gasteiger partial charge in [0, 0.05) is 13.0 Å². The quantitative estimate of drug-likeness (QED) is 0.846. The molecular formula is C18H26N2O3. The molecule has 0 saturated heterocycles. The number of carbonyl (C=O) groups excluding carboxylic acids is 2. The Labute approximate surface area is 137 Å². The number of nitrogens with one attached hydrogen (secondary N) is 2. The van der Waals surface area contributed by atoms with Gasteiger partial charge in [0.25, 0.3) is 0 Å². The van der Waals surface area contributed by atoms with Gasteiger partial charge < -0.3 is 15.4 Å². The Hall–Kier alpha value is -2.04. The van der Waals surface area contributed by atoms with Gasteiger partial charge in [0.05, 0.1) is 6.04 Å². The first-order valence-corrected chi connectivity index (χ1v) is 8.16. The minimum atomic E-state index is -0.531. The van der Waals surface area contributed by atoms with Crippen molar-refractivity contribution in [2.24, 2.45) is 5.92 Å². The van der Waals surface area contributed by atoms with Crippen molar-refractivity contribution in [3.05, 3.63) is 35.9 Å². The van der Waals surface area contributed by atoms with Crippen molar-refractivity contribution in [1.29, 1.82) is 0 Å². The van der Waals surface area contributed by atoms with Crippen molar-refractivity contribution in [2.75, 3.05) is 6.54 Å². The van der Waals surface area contributed by atoms with Gasteiger partial charge in [-0.15, -0.1) is 0 Å². The van der Waals surface area contributed by atoms with E-state index in [2.05, 4.69) is 10.6 Å². The highest BCUT2D eigenvalue weighted by Crippen LogP contribution is 2.40. The van der Waals surface area contributed by atoms with Crippen molar-refractivity contribution in [3.8, 4) is 0 Å². The van der Waals surface area contributed by atoms with E-state index in [1.807, 2.05) is 30.3 Å². The average Bonchev–Trinajstić information content (AvgIpc) is 3.28. The van der Waals surface area contributed by atoms with Gasteiger partial charge in [-0.3, -0.25) is 4.79 Å². The molecule has 0 aliphatic heterocycles. The summed E-state index contributed by atoms with van der Waals surface area (Å²) in [6.45, 7) is 5.69. The summed E-state index contributed by atoms with van der Waals surface area (Å²) in [4.78, 5) is 23.7. The molecule has 1 aliphatic carbocycles. The summed E-state index contributed by atoms with van der Waals surface area (Å²) in [5.74, 6) is 0.474. The Balaban J connectivity index is 1.76. The monoisotopic (exact) mass is 318 g/mol. The summed E-state index contributed by atoms with van der Waals surface area (Å²) in [6.07, 6.45) is 2.05. The molecule has 0 radical (unpaired) electrons. The van der Waals surface area contributed by atoms with Crippen LogP contribution in [0.3, 0.4) is 0 Å². The maximum Gasteiger partial charge on any atom is 0.407 e. The third-order valence-corrected chi connectivity index (χ3v) is 3.59. The van der Waals surface area contributed by atoms with Gasteiger partial charge in [-0.25, -0.2) is 4.79 Å². The molecule has 2 rings (SSSR count). The summed E-state index contributed by atoms with van der Waals surface area (Å²) in [6, 6.07) is 10.1. The minimum Gasteiger partial charge on any atom is -0.444 e. The van der Waals surface area contributed by atoms with Crippen LogP contribution >= 0.6 is 0 Å². The molecule has 2 amide bonds. The van der Waals surface area contributed by atoms with E-state index in [9.17, 15) is 9.59 Å². The maximum atomic E-state index is 12.1. The molecular weight excluding hydrogens is 292 g/mol. The standard InChI is InChI=1S/C18H26N2O3/c1-18(2,3)23-17(22)19-12-11-15(21)20-16(14-9-10-14)13-7-5-4-6-8-13/h4-8,14,16H,9-12H2,1-3H3,(H,19,22)(H,20,21). The fourth-order valence-electron chi connectivity index (χ4n) is 2.40. The summed E-state index contributed by atoms with van der Waals surface area (Å²) in [7, 11) is 0. The first kappa shape index (κ1) is 17.3. The summed E-state index contributed by atoms with van der Waals surface area (Å²) >= 11 is 0. The molecule has 0 bridgehead atoms. The van der Waals surface area contributed by atoms with Crippen LogP contribution in [0.15, 0.2) is 30.3 Å². The van der Waals surface area contributed by atoms with Crippen LogP contribution in [0.1, 0.15) is 51.6 Å². The maximum absolute atomic E-state index is 12.1. The summed E-state index contributed by atoms with van der Waals surface area (Å²) in [5, 5.41) is 5.69. The lowest BCUT2D eigenvalue weighted by molar-refractivity contribution is -0.121. The normalized spacial score (nSPS) is 15.6. The van der Waals surface area contributed by atoms with Crippen LogP contribution < -0.4 is 10.6 Å². The summed E-state index contributed by atoms with van der Waals surface area (Å²) < 4.78 is 5.14. The number of alkyl carbamates (subject to hydrolysis) is 1. The van der Waals surface area contributed by atoms with Crippen LogP contribution in [0.25, 0.3) is 0 Å². The van der Waals surface area contributed by atoms with E-state index in [1.165, 1.54) is 0 Å². The highest BCUT2D eigenvalue weighted by molar-refractivity contribution is 5.77. The average molecular weight is 318 g/mol. The molecule has 1 saturated carbocycles. The van der Waals surface area contributed by atoms with E-state index in [1.54, 1.807) is 20.8 Å². The number of amides is 2. The molecule has 0 heterocycles. The van der Waals surface area contributed by atoms with Crippen molar-refractivity contribution >= 4 is 12.0 Å². The molecule has 2 N–H and O–H groups in total. The highest BCUT2D eigenvalue weighted by Gasteiger charge is 2.33. The fourth-order valence-corrected chi connectivity index (χ4v) is 2.40. The fraction of sp³-hybridized carbons (Fsp3) is 0.556. The van der Waals surface area contributed by atoms with Gasteiger partial charge in [-0.2, -0.15) is 0 Å². The zero-order chi connectivity index (χ0) is 16.9. The molecule has 126 valence electrons. The van der Waals surface area contributed by atoms with E-state index in [-0.39, 0.29) is 24.9 Å². The zero-order valence-electron chi connectivity index (χ0n) is 14.1. The van der Waals surface area contributed by atoms with Crippen LogP contribution in [0.5, 0.6) is 0 Å². The van der Waals surface area contributed by atoms with Gasteiger partial charge in [-0.05, 0) is 45.1 Å². The highest BCUT2D eigenvalue weighted by atomic mass is 16.6. The Morgan fingerprint density at radius 3 is 2.43 bits per heavy atom. The molecule has 1 aliphatic rings.